The molecule has 2 bridgehead atoms. The second kappa shape index (κ2) is 8.61. The van der Waals surface area contributed by atoms with Crippen molar-refractivity contribution in [2.45, 2.75) is 57.2 Å². The summed E-state index contributed by atoms with van der Waals surface area (Å²) in [4.78, 5) is 30.8. The number of alkyl halides is 3. The van der Waals surface area contributed by atoms with Crippen molar-refractivity contribution < 1.29 is 27.5 Å². The third kappa shape index (κ3) is 4.02. The quantitative estimate of drug-likeness (QED) is 0.435. The van der Waals surface area contributed by atoms with Gasteiger partial charge in [-0.25, -0.2) is 4.98 Å². The van der Waals surface area contributed by atoms with Crippen molar-refractivity contribution in [1.82, 2.24) is 10.3 Å². The monoisotopic (exact) mass is 496 g/mol. The fourth-order valence-electron chi connectivity index (χ4n) is 5.90. The van der Waals surface area contributed by atoms with Gasteiger partial charge in [-0.05, 0) is 69.2 Å². The van der Waals surface area contributed by atoms with Gasteiger partial charge < -0.3 is 10.1 Å². The lowest BCUT2D eigenvalue weighted by Gasteiger charge is -2.52. The van der Waals surface area contributed by atoms with E-state index in [1.54, 1.807) is 6.92 Å². The number of carbonyl (C=O) groups is 2. The van der Waals surface area contributed by atoms with Crippen LogP contribution in [0.25, 0.3) is 22.2 Å². The summed E-state index contributed by atoms with van der Waals surface area (Å²) >= 11 is 0. The van der Waals surface area contributed by atoms with Crippen LogP contribution in [0.3, 0.4) is 0 Å². The van der Waals surface area contributed by atoms with Crippen LogP contribution >= 0.6 is 0 Å². The van der Waals surface area contributed by atoms with E-state index in [4.69, 9.17) is 4.74 Å². The van der Waals surface area contributed by atoms with Gasteiger partial charge in [-0.1, -0.05) is 30.3 Å². The smallest absolute Gasteiger partial charge is 0.416 e. The maximum absolute atomic E-state index is 13.8. The van der Waals surface area contributed by atoms with Crippen LogP contribution in [-0.2, 0) is 15.7 Å². The lowest BCUT2D eigenvalue weighted by atomic mass is 9.57. The molecule has 0 atom stereocenters. The van der Waals surface area contributed by atoms with E-state index in [-0.39, 0.29) is 16.9 Å². The summed E-state index contributed by atoms with van der Waals surface area (Å²) in [7, 11) is 1.40. The number of methoxy groups -OCH3 is 1. The molecule has 36 heavy (non-hydrogen) atoms. The Kier molecular flexibility index (Phi) is 5.80. The third-order valence-corrected chi connectivity index (χ3v) is 8.07. The van der Waals surface area contributed by atoms with E-state index in [1.807, 2.05) is 30.3 Å². The highest BCUT2D eigenvalue weighted by molar-refractivity contribution is 6.09. The number of benzene rings is 2. The molecule has 0 aliphatic heterocycles. The number of fused-ring (bicyclic) bond motifs is 4. The summed E-state index contributed by atoms with van der Waals surface area (Å²) in [6.07, 6.45) is -0.840. The Morgan fingerprint density at radius 3 is 2.19 bits per heavy atom. The lowest BCUT2D eigenvalue weighted by molar-refractivity contribution is -0.160. The Morgan fingerprint density at radius 1 is 0.972 bits per heavy atom. The molecule has 3 fully saturated rings. The lowest BCUT2D eigenvalue weighted by Crippen LogP contribution is -2.58. The first-order valence-electron chi connectivity index (χ1n) is 12.1. The van der Waals surface area contributed by atoms with E-state index in [1.165, 1.54) is 13.2 Å². The maximum Gasteiger partial charge on any atom is 0.416 e. The number of amides is 1. The number of nitrogens with one attached hydrogen (secondary N) is 1. The molecule has 2 aromatic carbocycles. The van der Waals surface area contributed by atoms with Crippen LogP contribution in [0.5, 0.6) is 0 Å². The predicted molar refractivity (Wildman–Crippen MR) is 129 cm³/mol. The molecule has 0 radical (unpaired) electrons. The van der Waals surface area contributed by atoms with Crippen LogP contribution < -0.4 is 5.32 Å². The molecule has 0 spiro atoms. The van der Waals surface area contributed by atoms with Crippen LogP contribution in [-0.4, -0.2) is 29.5 Å². The molecule has 1 N–H and O–H groups in total. The number of hydrogen-bond donors (Lipinski definition) is 1. The van der Waals surface area contributed by atoms with E-state index in [0.29, 0.717) is 55.3 Å². The summed E-state index contributed by atoms with van der Waals surface area (Å²) in [5.74, 6) is -0.617. The normalized spacial score (nSPS) is 23.5. The highest BCUT2D eigenvalue weighted by atomic mass is 19.4. The molecule has 3 aliphatic rings. The van der Waals surface area contributed by atoms with Crippen LogP contribution in [0.2, 0.25) is 0 Å². The molecule has 1 aromatic heterocycles. The molecule has 0 unspecified atom stereocenters. The van der Waals surface area contributed by atoms with Crippen LogP contribution in [0.4, 0.5) is 13.2 Å². The molecule has 1 amide bonds. The van der Waals surface area contributed by atoms with Crippen molar-refractivity contribution in [2.24, 2.45) is 5.41 Å². The average Bonchev–Trinajstić information content (AvgIpc) is 2.88. The first-order valence-corrected chi connectivity index (χ1v) is 12.1. The number of hydrogen-bond acceptors (Lipinski definition) is 4. The van der Waals surface area contributed by atoms with Crippen LogP contribution in [0.1, 0.15) is 60.0 Å². The summed E-state index contributed by atoms with van der Waals surface area (Å²) in [6.45, 7) is 1.73. The molecule has 3 aromatic rings. The average molecular weight is 497 g/mol. The first-order chi connectivity index (χ1) is 17.1. The van der Waals surface area contributed by atoms with Crippen molar-refractivity contribution in [3.05, 3.63) is 65.2 Å². The number of halogens is 3. The number of aromatic nitrogens is 1. The summed E-state index contributed by atoms with van der Waals surface area (Å²) < 4.78 is 45.7. The molecule has 0 saturated heterocycles. The Labute approximate surface area is 207 Å². The molecule has 1 heterocycles. The van der Waals surface area contributed by atoms with Crippen LogP contribution in [0.15, 0.2) is 48.5 Å². The van der Waals surface area contributed by atoms with Gasteiger partial charge in [0.1, 0.15) is 0 Å². The number of esters is 1. The van der Waals surface area contributed by atoms with E-state index in [9.17, 15) is 22.8 Å². The highest BCUT2D eigenvalue weighted by Crippen LogP contribution is 2.53. The second-order valence-corrected chi connectivity index (χ2v) is 10.1. The molecule has 3 saturated carbocycles. The summed E-state index contributed by atoms with van der Waals surface area (Å²) in [5, 5.41) is 3.35. The number of nitrogens with zero attached hydrogens (tertiary/aromatic N) is 1. The van der Waals surface area contributed by atoms with Crippen molar-refractivity contribution in [3.63, 3.8) is 0 Å². The fraction of sp³-hybridized carbons (Fsp3) is 0.393. The predicted octanol–water partition coefficient (Wildman–Crippen LogP) is 6.22. The van der Waals surface area contributed by atoms with Gasteiger partial charge in [0.25, 0.3) is 5.91 Å². The molecule has 3 aliphatic carbocycles. The minimum Gasteiger partial charge on any atom is -0.469 e. The number of carbonyl (C=O) groups excluding carboxylic acids is 2. The van der Waals surface area contributed by atoms with Gasteiger partial charge in [-0.2, -0.15) is 13.2 Å². The largest absolute Gasteiger partial charge is 0.469 e. The highest BCUT2D eigenvalue weighted by Gasteiger charge is 2.53. The van der Waals surface area contributed by atoms with Gasteiger partial charge in [0.15, 0.2) is 0 Å². The number of ether oxygens (including phenoxy) is 1. The SMILES string of the molecule is COC(=O)C12CCC(NC(=O)c3c(C)c(-c4ccccc4)nc4ccc(C(F)(F)F)cc34)(CC1)CC2. The van der Waals surface area contributed by atoms with Gasteiger partial charge in [-0.15, -0.1) is 0 Å². The Bertz CT molecular complexity index is 1330. The van der Waals surface area contributed by atoms with Gasteiger partial charge >= 0.3 is 12.1 Å². The third-order valence-electron chi connectivity index (χ3n) is 8.07. The van der Waals surface area contributed by atoms with E-state index < -0.39 is 28.6 Å². The first kappa shape index (κ1) is 24.3. The Balaban J connectivity index is 1.57. The maximum atomic E-state index is 13.8. The number of pyridine rings is 1. The zero-order valence-corrected chi connectivity index (χ0v) is 20.2. The molecule has 5 nitrogen and oxygen atoms in total. The zero-order valence-electron chi connectivity index (χ0n) is 20.2. The Hall–Kier alpha value is -3.42. The number of rotatable bonds is 4. The summed E-state index contributed by atoms with van der Waals surface area (Å²) in [6, 6.07) is 12.6. The Morgan fingerprint density at radius 2 is 1.61 bits per heavy atom. The van der Waals surface area contributed by atoms with E-state index in [0.717, 1.165) is 17.7 Å². The van der Waals surface area contributed by atoms with Crippen LogP contribution in [0, 0.1) is 12.3 Å². The standard InChI is InChI=1S/C28H27F3N2O3/c1-17-22(24(34)33-27-13-10-26(11-14-27,12-15-27)25(35)36-2)20-16-19(28(29,30)31)8-9-21(20)32-23(17)18-6-4-3-5-7-18/h3-9,16H,10-15H2,1-2H3,(H,33,34). The van der Waals surface area contributed by atoms with E-state index >= 15 is 0 Å². The molecular formula is C28H27F3N2O3. The minimum atomic E-state index is -4.55. The fourth-order valence-corrected chi connectivity index (χ4v) is 5.90. The summed E-state index contributed by atoms with van der Waals surface area (Å²) in [5.41, 5.74) is 0.574. The van der Waals surface area contributed by atoms with Crippen molar-refractivity contribution >= 4 is 22.8 Å². The molecule has 8 heteroatoms. The van der Waals surface area contributed by atoms with Crippen molar-refractivity contribution in [3.8, 4) is 11.3 Å². The molecule has 188 valence electrons. The van der Waals surface area contributed by atoms with Crippen molar-refractivity contribution in [1.29, 1.82) is 0 Å². The van der Waals surface area contributed by atoms with E-state index in [2.05, 4.69) is 10.3 Å². The zero-order chi connectivity index (χ0) is 25.7. The second-order valence-electron chi connectivity index (χ2n) is 10.1. The van der Waals surface area contributed by atoms with Gasteiger partial charge in [-0.3, -0.25) is 9.59 Å². The topological polar surface area (TPSA) is 68.3 Å². The van der Waals surface area contributed by atoms with Gasteiger partial charge in [0.05, 0.1) is 34.9 Å². The minimum absolute atomic E-state index is 0.173. The van der Waals surface area contributed by atoms with Crippen molar-refractivity contribution in [2.75, 3.05) is 7.11 Å². The van der Waals surface area contributed by atoms with Gasteiger partial charge in [0, 0.05) is 16.5 Å². The van der Waals surface area contributed by atoms with Gasteiger partial charge in [0.2, 0.25) is 0 Å². The molecular weight excluding hydrogens is 469 g/mol. The molecule has 6 rings (SSSR count).